The first-order valence-corrected chi connectivity index (χ1v) is 9.51. The molecule has 1 aromatic heterocycles. The minimum atomic E-state index is -0.272. The molecule has 1 heterocycles. The SMILES string of the molecule is CC(C)c1sc(-c2ccc(Cl)cc2)c(-c2ccc(F)cc2)c1/C=C/C=O. The number of carbonyl (C=O) groups is 1. The van der Waals surface area contributed by atoms with Crippen LogP contribution in [0.2, 0.25) is 5.02 Å². The van der Waals surface area contributed by atoms with Gasteiger partial charge in [-0.05, 0) is 59.0 Å². The number of thiophene rings is 1. The first kappa shape index (κ1) is 18.6. The number of halogens is 2. The maximum absolute atomic E-state index is 13.4. The van der Waals surface area contributed by atoms with Crippen molar-refractivity contribution in [2.45, 2.75) is 19.8 Å². The molecule has 1 nitrogen and oxygen atoms in total. The van der Waals surface area contributed by atoms with Crippen molar-refractivity contribution in [2.24, 2.45) is 0 Å². The number of allylic oxidation sites excluding steroid dienone is 1. The molecule has 0 atom stereocenters. The fourth-order valence-corrected chi connectivity index (χ4v) is 4.34. The minimum absolute atomic E-state index is 0.272. The Hall–Kier alpha value is -2.23. The van der Waals surface area contributed by atoms with Gasteiger partial charge in [-0.1, -0.05) is 49.7 Å². The van der Waals surface area contributed by atoms with Gasteiger partial charge in [0, 0.05) is 20.3 Å². The van der Waals surface area contributed by atoms with Crippen LogP contribution in [-0.4, -0.2) is 6.29 Å². The zero-order valence-corrected chi connectivity index (χ0v) is 16.1. The van der Waals surface area contributed by atoms with Crippen molar-refractivity contribution in [3.8, 4) is 21.6 Å². The van der Waals surface area contributed by atoms with Gasteiger partial charge in [0.1, 0.15) is 12.1 Å². The Morgan fingerprint density at radius 2 is 1.62 bits per heavy atom. The summed E-state index contributed by atoms with van der Waals surface area (Å²) in [5.74, 6) is 0.0256. The molecule has 0 saturated carbocycles. The lowest BCUT2D eigenvalue weighted by Gasteiger charge is -2.08. The highest BCUT2D eigenvalue weighted by Crippen LogP contribution is 2.46. The second-order valence-corrected chi connectivity index (χ2v) is 7.74. The normalized spacial score (nSPS) is 11.4. The van der Waals surface area contributed by atoms with Crippen LogP contribution < -0.4 is 0 Å². The number of hydrogen-bond donors (Lipinski definition) is 0. The van der Waals surface area contributed by atoms with Gasteiger partial charge in [0.2, 0.25) is 0 Å². The van der Waals surface area contributed by atoms with Crippen molar-refractivity contribution in [1.29, 1.82) is 0 Å². The van der Waals surface area contributed by atoms with E-state index < -0.39 is 0 Å². The third kappa shape index (κ3) is 3.79. The zero-order valence-electron chi connectivity index (χ0n) is 14.5. The summed E-state index contributed by atoms with van der Waals surface area (Å²) in [6.07, 6.45) is 4.13. The van der Waals surface area contributed by atoms with E-state index in [2.05, 4.69) is 13.8 Å². The maximum atomic E-state index is 13.4. The Bertz CT molecular complexity index is 938. The molecule has 26 heavy (non-hydrogen) atoms. The van der Waals surface area contributed by atoms with E-state index in [1.165, 1.54) is 23.1 Å². The van der Waals surface area contributed by atoms with E-state index in [9.17, 15) is 9.18 Å². The Morgan fingerprint density at radius 3 is 2.19 bits per heavy atom. The summed E-state index contributed by atoms with van der Waals surface area (Å²) < 4.78 is 13.4. The van der Waals surface area contributed by atoms with Crippen LogP contribution in [-0.2, 0) is 4.79 Å². The van der Waals surface area contributed by atoms with Crippen LogP contribution in [0.1, 0.15) is 30.2 Å². The van der Waals surface area contributed by atoms with Gasteiger partial charge in [0.05, 0.1) is 0 Å². The molecule has 0 aliphatic carbocycles. The zero-order chi connectivity index (χ0) is 18.7. The monoisotopic (exact) mass is 384 g/mol. The molecule has 0 aliphatic heterocycles. The summed E-state index contributed by atoms with van der Waals surface area (Å²) >= 11 is 7.74. The fourth-order valence-electron chi connectivity index (χ4n) is 2.90. The molecule has 0 fully saturated rings. The number of benzene rings is 2. The lowest BCUT2D eigenvalue weighted by atomic mass is 9.94. The van der Waals surface area contributed by atoms with Crippen LogP contribution in [0.4, 0.5) is 4.39 Å². The van der Waals surface area contributed by atoms with E-state index in [-0.39, 0.29) is 5.82 Å². The molecule has 3 aromatic rings. The van der Waals surface area contributed by atoms with Gasteiger partial charge in [-0.15, -0.1) is 11.3 Å². The van der Waals surface area contributed by atoms with Crippen molar-refractivity contribution in [2.75, 3.05) is 0 Å². The first-order chi connectivity index (χ1) is 12.5. The van der Waals surface area contributed by atoms with Crippen LogP contribution in [0.5, 0.6) is 0 Å². The predicted octanol–water partition coefficient (Wildman–Crippen LogP) is 7.21. The number of rotatable bonds is 5. The fraction of sp³-hybridized carbons (Fsp3) is 0.136. The first-order valence-electron chi connectivity index (χ1n) is 8.31. The van der Waals surface area contributed by atoms with Crippen molar-refractivity contribution >= 4 is 35.3 Å². The summed E-state index contributed by atoms with van der Waals surface area (Å²) in [5.41, 5.74) is 3.99. The quantitative estimate of drug-likeness (QED) is 0.335. The molecule has 4 heteroatoms. The van der Waals surface area contributed by atoms with Gasteiger partial charge in [0.25, 0.3) is 0 Å². The van der Waals surface area contributed by atoms with Crippen molar-refractivity contribution < 1.29 is 9.18 Å². The molecule has 0 saturated heterocycles. The molecule has 0 spiro atoms. The molecule has 2 aromatic carbocycles. The van der Waals surface area contributed by atoms with Gasteiger partial charge in [-0.25, -0.2) is 4.39 Å². The average Bonchev–Trinajstić information content (AvgIpc) is 3.01. The minimum Gasteiger partial charge on any atom is -0.299 e. The Kier molecular flexibility index (Phi) is 5.70. The lowest BCUT2D eigenvalue weighted by Crippen LogP contribution is -1.88. The van der Waals surface area contributed by atoms with Crippen LogP contribution >= 0.6 is 22.9 Å². The molecule has 0 amide bonds. The highest BCUT2D eigenvalue weighted by molar-refractivity contribution is 7.16. The van der Waals surface area contributed by atoms with Crippen molar-refractivity contribution in [3.63, 3.8) is 0 Å². The van der Waals surface area contributed by atoms with E-state index in [1.54, 1.807) is 23.5 Å². The van der Waals surface area contributed by atoms with Gasteiger partial charge in [-0.3, -0.25) is 4.79 Å². The Morgan fingerprint density at radius 1 is 1.00 bits per heavy atom. The second-order valence-electron chi connectivity index (χ2n) is 6.25. The second kappa shape index (κ2) is 7.98. The number of carbonyl (C=O) groups excluding carboxylic acids is 1. The average molecular weight is 385 g/mol. The molecular weight excluding hydrogens is 367 g/mol. The molecule has 3 rings (SSSR count). The molecule has 0 radical (unpaired) electrons. The van der Waals surface area contributed by atoms with Crippen molar-refractivity contribution in [3.05, 3.63) is 75.9 Å². The van der Waals surface area contributed by atoms with Gasteiger partial charge in [-0.2, -0.15) is 0 Å². The van der Waals surface area contributed by atoms with Crippen molar-refractivity contribution in [1.82, 2.24) is 0 Å². The Balaban J connectivity index is 2.31. The van der Waals surface area contributed by atoms with Gasteiger partial charge < -0.3 is 0 Å². The van der Waals surface area contributed by atoms with E-state index >= 15 is 0 Å². The smallest absolute Gasteiger partial charge is 0.142 e. The maximum Gasteiger partial charge on any atom is 0.142 e. The summed E-state index contributed by atoms with van der Waals surface area (Å²) in [5, 5.41) is 0.679. The van der Waals surface area contributed by atoms with Crippen LogP contribution in [0.3, 0.4) is 0 Å². The predicted molar refractivity (Wildman–Crippen MR) is 109 cm³/mol. The molecule has 0 aliphatic rings. The summed E-state index contributed by atoms with van der Waals surface area (Å²) in [6.45, 7) is 4.26. The summed E-state index contributed by atoms with van der Waals surface area (Å²) in [7, 11) is 0. The summed E-state index contributed by atoms with van der Waals surface area (Å²) in [6, 6.07) is 14.2. The van der Waals surface area contributed by atoms with Crippen LogP contribution in [0, 0.1) is 5.82 Å². The van der Waals surface area contributed by atoms with Crippen LogP contribution in [0.15, 0.2) is 54.6 Å². The van der Waals surface area contributed by atoms with E-state index in [0.717, 1.165) is 33.4 Å². The topological polar surface area (TPSA) is 17.1 Å². The van der Waals surface area contributed by atoms with E-state index in [1.807, 2.05) is 30.3 Å². The van der Waals surface area contributed by atoms with E-state index in [4.69, 9.17) is 11.6 Å². The third-order valence-corrected chi connectivity index (χ3v) is 5.89. The molecule has 0 unspecified atom stereocenters. The largest absolute Gasteiger partial charge is 0.299 e. The van der Waals surface area contributed by atoms with E-state index in [0.29, 0.717) is 10.9 Å². The van der Waals surface area contributed by atoms with Crippen LogP contribution in [0.25, 0.3) is 27.6 Å². The van der Waals surface area contributed by atoms with Gasteiger partial charge in [0.15, 0.2) is 0 Å². The molecule has 0 N–H and O–H groups in total. The Labute approximate surface area is 161 Å². The highest BCUT2D eigenvalue weighted by Gasteiger charge is 2.21. The highest BCUT2D eigenvalue weighted by atomic mass is 35.5. The third-order valence-electron chi connectivity index (χ3n) is 4.08. The number of hydrogen-bond acceptors (Lipinski definition) is 2. The lowest BCUT2D eigenvalue weighted by molar-refractivity contribution is -0.104. The van der Waals surface area contributed by atoms with Gasteiger partial charge >= 0.3 is 0 Å². The molecule has 0 bridgehead atoms. The standard InChI is InChI=1S/C22H18ClFOS/c1-14(2)21-19(4-3-13-25)20(15-7-11-18(24)12-8-15)22(26-21)16-5-9-17(23)10-6-16/h3-14H,1-2H3/b4-3+. The molecular formula is C22H18ClFOS. The number of aldehydes is 1. The molecule has 132 valence electrons. The summed E-state index contributed by atoms with van der Waals surface area (Å²) in [4.78, 5) is 13.2.